The zero-order valence-electron chi connectivity index (χ0n) is 12.6. The van der Waals surface area contributed by atoms with Gasteiger partial charge >= 0.3 is 18.0 Å². The first-order valence-corrected chi connectivity index (χ1v) is 8.07. The number of esters is 1. The summed E-state index contributed by atoms with van der Waals surface area (Å²) in [6.45, 7) is 5.71. The first-order chi connectivity index (χ1) is 9.88. The number of thioether (sulfide) groups is 1. The van der Waals surface area contributed by atoms with E-state index in [2.05, 4.69) is 0 Å². The molecule has 2 amide bonds. The van der Waals surface area contributed by atoms with Gasteiger partial charge in [0, 0.05) is 24.1 Å². The summed E-state index contributed by atoms with van der Waals surface area (Å²) in [6, 6.07) is -1.49. The smallest absolute Gasteiger partial charge is 0.327 e. The van der Waals surface area contributed by atoms with Crippen molar-refractivity contribution in [1.29, 1.82) is 0 Å². The SMILES string of the molecule is CCOC(=O)CN(C(=O)N1CCSCC1C(=O)O)C(C)C. The molecule has 0 radical (unpaired) electrons. The lowest BCUT2D eigenvalue weighted by Crippen LogP contribution is -2.57. The van der Waals surface area contributed by atoms with Crippen LogP contribution in [0.25, 0.3) is 0 Å². The Kier molecular flexibility index (Phi) is 6.80. The van der Waals surface area contributed by atoms with Crippen LogP contribution in [0.15, 0.2) is 0 Å². The van der Waals surface area contributed by atoms with Crippen LogP contribution in [0, 0.1) is 0 Å². The van der Waals surface area contributed by atoms with Gasteiger partial charge in [-0.15, -0.1) is 0 Å². The third-order valence-electron chi connectivity index (χ3n) is 3.13. The number of hydrogen-bond donors (Lipinski definition) is 1. The third-order valence-corrected chi connectivity index (χ3v) is 4.16. The molecule has 0 aliphatic carbocycles. The maximum Gasteiger partial charge on any atom is 0.327 e. The fraction of sp³-hybridized carbons (Fsp3) is 0.769. The average Bonchev–Trinajstić information content (AvgIpc) is 2.44. The molecule has 0 aromatic rings. The minimum absolute atomic E-state index is 0.166. The van der Waals surface area contributed by atoms with Crippen LogP contribution in [0.1, 0.15) is 20.8 Å². The molecule has 1 N–H and O–H groups in total. The highest BCUT2D eigenvalue weighted by Gasteiger charge is 2.36. The van der Waals surface area contributed by atoms with Crippen LogP contribution < -0.4 is 0 Å². The number of amides is 2. The van der Waals surface area contributed by atoms with E-state index in [0.29, 0.717) is 18.1 Å². The van der Waals surface area contributed by atoms with E-state index < -0.39 is 24.0 Å². The summed E-state index contributed by atoms with van der Waals surface area (Å²) < 4.78 is 4.86. The Balaban J connectivity index is 2.83. The largest absolute Gasteiger partial charge is 0.480 e. The normalized spacial score (nSPS) is 18.5. The van der Waals surface area contributed by atoms with E-state index in [1.807, 2.05) is 0 Å². The summed E-state index contributed by atoms with van der Waals surface area (Å²) in [6.07, 6.45) is 0. The summed E-state index contributed by atoms with van der Waals surface area (Å²) in [5, 5.41) is 9.23. The minimum atomic E-state index is -1.02. The summed E-state index contributed by atoms with van der Waals surface area (Å²) in [4.78, 5) is 38.1. The molecule has 0 bridgehead atoms. The molecule has 1 saturated heterocycles. The molecular weight excluding hydrogens is 296 g/mol. The van der Waals surface area contributed by atoms with Crippen LogP contribution in [-0.2, 0) is 14.3 Å². The number of carbonyl (C=O) groups is 3. The molecule has 0 saturated carbocycles. The molecule has 0 aromatic heterocycles. The van der Waals surface area contributed by atoms with Crippen molar-refractivity contribution in [2.24, 2.45) is 0 Å². The van der Waals surface area contributed by atoms with E-state index in [0.717, 1.165) is 0 Å². The van der Waals surface area contributed by atoms with Crippen LogP contribution in [0.4, 0.5) is 4.79 Å². The molecular formula is C13H22N2O5S. The summed E-state index contributed by atoms with van der Waals surface area (Å²) in [5.41, 5.74) is 0. The Hall–Kier alpha value is -1.44. The van der Waals surface area contributed by atoms with E-state index in [1.165, 1.54) is 21.6 Å². The van der Waals surface area contributed by atoms with Crippen LogP contribution >= 0.6 is 11.8 Å². The molecule has 1 rings (SSSR count). The second-order valence-corrected chi connectivity index (χ2v) is 6.08. The standard InChI is InChI=1S/C13H22N2O5S/c1-4-20-11(16)7-15(9(2)3)13(19)14-5-6-21-8-10(14)12(17)18/h9-10H,4-8H2,1-3H3,(H,17,18). The fourth-order valence-corrected chi connectivity index (χ4v) is 3.06. The predicted octanol–water partition coefficient (Wildman–Crippen LogP) is 0.882. The van der Waals surface area contributed by atoms with E-state index >= 15 is 0 Å². The molecule has 1 aliphatic rings. The highest BCUT2D eigenvalue weighted by Crippen LogP contribution is 2.19. The Morgan fingerprint density at radius 1 is 1.43 bits per heavy atom. The fourth-order valence-electron chi connectivity index (χ4n) is 2.02. The summed E-state index contributed by atoms with van der Waals surface area (Å²) in [7, 11) is 0. The quantitative estimate of drug-likeness (QED) is 0.757. The van der Waals surface area contributed by atoms with Gasteiger partial charge in [0.05, 0.1) is 6.61 Å². The van der Waals surface area contributed by atoms with Gasteiger partial charge in [0.25, 0.3) is 0 Å². The second kappa shape index (κ2) is 8.11. The van der Waals surface area contributed by atoms with E-state index in [9.17, 15) is 19.5 Å². The number of carbonyl (C=O) groups excluding carboxylic acids is 2. The summed E-state index contributed by atoms with van der Waals surface area (Å²) >= 11 is 1.51. The maximum atomic E-state index is 12.6. The molecule has 8 heteroatoms. The van der Waals surface area contributed by atoms with Crippen LogP contribution in [-0.4, -0.2) is 76.2 Å². The van der Waals surface area contributed by atoms with Crippen molar-refractivity contribution in [2.75, 3.05) is 31.2 Å². The van der Waals surface area contributed by atoms with Crippen molar-refractivity contribution in [3.05, 3.63) is 0 Å². The third kappa shape index (κ3) is 4.80. The van der Waals surface area contributed by atoms with Crippen molar-refractivity contribution >= 4 is 29.7 Å². The lowest BCUT2D eigenvalue weighted by Gasteiger charge is -2.37. The van der Waals surface area contributed by atoms with Crippen molar-refractivity contribution in [1.82, 2.24) is 9.80 Å². The average molecular weight is 318 g/mol. The second-order valence-electron chi connectivity index (χ2n) is 4.93. The first kappa shape index (κ1) is 17.6. The van der Waals surface area contributed by atoms with Crippen LogP contribution in [0.2, 0.25) is 0 Å². The predicted molar refractivity (Wildman–Crippen MR) is 79.3 cm³/mol. The van der Waals surface area contributed by atoms with Crippen molar-refractivity contribution in [3.63, 3.8) is 0 Å². The molecule has 120 valence electrons. The van der Waals surface area contributed by atoms with E-state index in [1.54, 1.807) is 20.8 Å². The van der Waals surface area contributed by atoms with Crippen molar-refractivity contribution in [2.45, 2.75) is 32.9 Å². The number of urea groups is 1. The van der Waals surface area contributed by atoms with Gasteiger partial charge < -0.3 is 19.6 Å². The van der Waals surface area contributed by atoms with Gasteiger partial charge in [-0.3, -0.25) is 4.79 Å². The van der Waals surface area contributed by atoms with E-state index in [4.69, 9.17) is 4.74 Å². The van der Waals surface area contributed by atoms with Crippen LogP contribution in [0.3, 0.4) is 0 Å². The van der Waals surface area contributed by atoms with Gasteiger partial charge in [-0.05, 0) is 20.8 Å². The first-order valence-electron chi connectivity index (χ1n) is 6.91. The van der Waals surface area contributed by atoms with Crippen LogP contribution in [0.5, 0.6) is 0 Å². The lowest BCUT2D eigenvalue weighted by atomic mass is 10.2. The number of rotatable bonds is 5. The summed E-state index contributed by atoms with van der Waals surface area (Å²) in [5.74, 6) is -0.444. The highest BCUT2D eigenvalue weighted by molar-refractivity contribution is 7.99. The number of aliphatic carboxylic acids is 1. The molecule has 1 unspecified atom stereocenters. The molecule has 0 aromatic carbocycles. The van der Waals surface area contributed by atoms with E-state index in [-0.39, 0.29) is 19.2 Å². The van der Waals surface area contributed by atoms with Crippen molar-refractivity contribution in [3.8, 4) is 0 Å². The number of carboxylic acids is 1. The Morgan fingerprint density at radius 2 is 2.10 bits per heavy atom. The zero-order chi connectivity index (χ0) is 16.0. The topological polar surface area (TPSA) is 87.2 Å². The highest BCUT2D eigenvalue weighted by atomic mass is 32.2. The molecule has 21 heavy (non-hydrogen) atoms. The Labute approximate surface area is 128 Å². The van der Waals surface area contributed by atoms with Gasteiger partial charge in [0.2, 0.25) is 0 Å². The minimum Gasteiger partial charge on any atom is -0.480 e. The molecule has 1 heterocycles. The van der Waals surface area contributed by atoms with Crippen molar-refractivity contribution < 1.29 is 24.2 Å². The maximum absolute atomic E-state index is 12.6. The van der Waals surface area contributed by atoms with Gasteiger partial charge in [0.1, 0.15) is 12.6 Å². The lowest BCUT2D eigenvalue weighted by molar-refractivity contribution is -0.144. The number of nitrogens with zero attached hydrogens (tertiary/aromatic N) is 2. The van der Waals surface area contributed by atoms with Gasteiger partial charge in [-0.2, -0.15) is 11.8 Å². The monoisotopic (exact) mass is 318 g/mol. The molecule has 1 fully saturated rings. The van der Waals surface area contributed by atoms with Gasteiger partial charge in [-0.1, -0.05) is 0 Å². The Bertz CT molecular complexity index is 402. The number of carboxylic acid groups (broad SMARTS) is 1. The molecule has 1 atom stereocenters. The molecule has 7 nitrogen and oxygen atoms in total. The molecule has 1 aliphatic heterocycles. The Morgan fingerprint density at radius 3 is 2.62 bits per heavy atom. The number of ether oxygens (including phenoxy) is 1. The molecule has 0 spiro atoms. The van der Waals surface area contributed by atoms with Gasteiger partial charge in [-0.25, -0.2) is 9.59 Å². The van der Waals surface area contributed by atoms with Gasteiger partial charge in [0.15, 0.2) is 0 Å². The number of hydrogen-bond acceptors (Lipinski definition) is 5. The zero-order valence-corrected chi connectivity index (χ0v) is 13.4.